The van der Waals surface area contributed by atoms with E-state index >= 15 is 0 Å². The van der Waals surface area contributed by atoms with Crippen LogP contribution in [0, 0.1) is 0 Å². The number of hydrogen-bond donors (Lipinski definition) is 2. The van der Waals surface area contributed by atoms with E-state index in [1.807, 2.05) is 0 Å². The Morgan fingerprint density at radius 2 is 2.10 bits per heavy atom. The van der Waals surface area contributed by atoms with Crippen molar-refractivity contribution in [2.75, 3.05) is 0 Å². The Bertz CT molecular complexity index is 716. The second-order valence-corrected chi connectivity index (χ2v) is 7.86. The number of sulfonamides is 1. The fourth-order valence-corrected chi connectivity index (χ4v) is 5.25. The SMILES string of the molecule is NC1CCC(NS(=O)(=O)c2c(Cl)nc3sccn23)CC1. The van der Waals surface area contributed by atoms with Gasteiger partial charge in [0, 0.05) is 23.7 Å². The number of rotatable bonds is 3. The van der Waals surface area contributed by atoms with E-state index in [0.717, 1.165) is 25.7 Å². The number of thiazole rings is 1. The first-order valence-corrected chi connectivity index (χ1v) is 9.10. The van der Waals surface area contributed by atoms with Gasteiger partial charge in [-0.1, -0.05) is 11.6 Å². The van der Waals surface area contributed by atoms with Crippen molar-refractivity contribution in [2.45, 2.75) is 42.8 Å². The van der Waals surface area contributed by atoms with Gasteiger partial charge in [-0.15, -0.1) is 11.3 Å². The van der Waals surface area contributed by atoms with Gasteiger partial charge in [0.25, 0.3) is 10.0 Å². The highest BCUT2D eigenvalue weighted by atomic mass is 35.5. The van der Waals surface area contributed by atoms with Crippen molar-refractivity contribution >= 4 is 37.9 Å². The molecule has 0 aromatic carbocycles. The van der Waals surface area contributed by atoms with Crippen molar-refractivity contribution in [3.8, 4) is 0 Å². The molecule has 0 spiro atoms. The van der Waals surface area contributed by atoms with Crippen LogP contribution in [0.3, 0.4) is 0 Å². The fraction of sp³-hybridized carbons (Fsp3) is 0.545. The number of imidazole rings is 1. The first-order valence-electron chi connectivity index (χ1n) is 6.36. The monoisotopic (exact) mass is 334 g/mol. The third kappa shape index (κ3) is 2.58. The molecule has 3 N–H and O–H groups in total. The molecule has 0 unspecified atom stereocenters. The van der Waals surface area contributed by atoms with E-state index in [9.17, 15) is 8.42 Å². The second kappa shape index (κ2) is 5.27. The van der Waals surface area contributed by atoms with Crippen molar-refractivity contribution in [1.29, 1.82) is 0 Å². The molecule has 3 rings (SSSR count). The lowest BCUT2D eigenvalue weighted by atomic mass is 9.93. The molecule has 1 aliphatic rings. The number of fused-ring (bicyclic) bond motifs is 1. The van der Waals surface area contributed by atoms with Gasteiger partial charge in [0.2, 0.25) is 0 Å². The highest BCUT2D eigenvalue weighted by molar-refractivity contribution is 7.89. The van der Waals surface area contributed by atoms with Gasteiger partial charge in [0.15, 0.2) is 15.1 Å². The molecule has 0 radical (unpaired) electrons. The summed E-state index contributed by atoms with van der Waals surface area (Å²) in [6, 6.07) is 0.0953. The van der Waals surface area contributed by atoms with Crippen molar-refractivity contribution in [1.82, 2.24) is 14.1 Å². The summed E-state index contributed by atoms with van der Waals surface area (Å²) in [6.07, 6.45) is 4.83. The summed E-state index contributed by atoms with van der Waals surface area (Å²) in [6.45, 7) is 0. The topological polar surface area (TPSA) is 89.5 Å². The maximum atomic E-state index is 12.5. The summed E-state index contributed by atoms with van der Waals surface area (Å²) in [5.41, 5.74) is 5.83. The molecule has 1 aliphatic carbocycles. The molecule has 2 aromatic rings. The second-order valence-electron chi connectivity index (χ2n) is 5.00. The molecular formula is C11H15ClN4O2S2. The molecule has 110 valence electrons. The van der Waals surface area contributed by atoms with E-state index in [1.165, 1.54) is 15.7 Å². The van der Waals surface area contributed by atoms with Gasteiger partial charge < -0.3 is 5.73 Å². The zero-order valence-electron chi connectivity index (χ0n) is 10.6. The molecule has 0 saturated heterocycles. The summed E-state index contributed by atoms with van der Waals surface area (Å²) in [5.74, 6) is 0. The molecule has 0 bridgehead atoms. The predicted octanol–water partition coefficient (Wildman–Crippen LogP) is 1.60. The highest BCUT2D eigenvalue weighted by Gasteiger charge is 2.29. The van der Waals surface area contributed by atoms with Crippen LogP contribution in [0.1, 0.15) is 25.7 Å². The zero-order chi connectivity index (χ0) is 14.3. The Balaban J connectivity index is 1.88. The average Bonchev–Trinajstić information content (AvgIpc) is 2.91. The average molecular weight is 335 g/mol. The van der Waals surface area contributed by atoms with Crippen molar-refractivity contribution < 1.29 is 8.42 Å². The summed E-state index contributed by atoms with van der Waals surface area (Å²) in [7, 11) is -3.68. The first-order chi connectivity index (χ1) is 9.47. The van der Waals surface area contributed by atoms with E-state index in [1.54, 1.807) is 11.6 Å². The van der Waals surface area contributed by atoms with Crippen molar-refractivity contribution in [3.63, 3.8) is 0 Å². The van der Waals surface area contributed by atoms with Crippen LogP contribution in [0.25, 0.3) is 4.96 Å². The molecule has 0 amide bonds. The van der Waals surface area contributed by atoms with Crippen LogP contribution in [0.2, 0.25) is 5.15 Å². The number of halogens is 1. The minimum Gasteiger partial charge on any atom is -0.328 e. The minimum absolute atomic E-state index is 0.0110. The molecule has 1 fully saturated rings. The fourth-order valence-electron chi connectivity index (χ4n) is 2.49. The van der Waals surface area contributed by atoms with Crippen molar-refractivity contribution in [2.24, 2.45) is 5.73 Å². The quantitative estimate of drug-likeness (QED) is 0.892. The van der Waals surface area contributed by atoms with Crippen LogP contribution in [0.15, 0.2) is 16.6 Å². The summed E-state index contributed by atoms with van der Waals surface area (Å²) >= 11 is 7.31. The lowest BCUT2D eigenvalue weighted by Crippen LogP contribution is -2.40. The Kier molecular flexibility index (Phi) is 3.76. The van der Waals surface area contributed by atoms with Crippen LogP contribution in [-0.4, -0.2) is 29.9 Å². The zero-order valence-corrected chi connectivity index (χ0v) is 13.0. The molecule has 0 atom stereocenters. The van der Waals surface area contributed by atoms with Gasteiger partial charge in [-0.3, -0.25) is 4.40 Å². The van der Waals surface area contributed by atoms with E-state index < -0.39 is 10.0 Å². The Morgan fingerprint density at radius 3 is 2.80 bits per heavy atom. The van der Waals surface area contributed by atoms with Crippen LogP contribution in [0.5, 0.6) is 0 Å². The molecule has 2 heterocycles. The standard InChI is InChI=1S/C11H15ClN4O2S2/c12-9-10(16-5-6-19-11(16)14-9)20(17,18)15-8-3-1-7(13)2-4-8/h5-8,15H,1-4,13H2. The van der Waals surface area contributed by atoms with E-state index in [0.29, 0.717) is 4.96 Å². The number of nitrogens with two attached hydrogens (primary N) is 1. The maximum Gasteiger partial charge on any atom is 0.260 e. The Morgan fingerprint density at radius 1 is 1.40 bits per heavy atom. The largest absolute Gasteiger partial charge is 0.328 e. The normalized spacial score (nSPS) is 24.3. The lowest BCUT2D eigenvalue weighted by molar-refractivity contribution is 0.373. The molecule has 6 nitrogen and oxygen atoms in total. The van der Waals surface area contributed by atoms with Gasteiger partial charge in [-0.05, 0) is 25.7 Å². The van der Waals surface area contributed by atoms with E-state index in [-0.39, 0.29) is 22.3 Å². The number of nitrogens with zero attached hydrogens (tertiary/aromatic N) is 2. The Hall–Kier alpha value is -0.670. The molecule has 1 saturated carbocycles. The molecule has 9 heteroatoms. The third-order valence-corrected chi connectivity index (χ3v) is 6.20. The van der Waals surface area contributed by atoms with Crippen LogP contribution < -0.4 is 10.5 Å². The van der Waals surface area contributed by atoms with Gasteiger partial charge >= 0.3 is 0 Å². The van der Waals surface area contributed by atoms with Gasteiger partial charge in [0.1, 0.15) is 0 Å². The number of hydrogen-bond acceptors (Lipinski definition) is 5. The predicted molar refractivity (Wildman–Crippen MR) is 78.6 cm³/mol. The van der Waals surface area contributed by atoms with Gasteiger partial charge in [-0.25, -0.2) is 18.1 Å². The van der Waals surface area contributed by atoms with Crippen molar-refractivity contribution in [3.05, 3.63) is 16.7 Å². The maximum absolute atomic E-state index is 12.5. The summed E-state index contributed by atoms with van der Waals surface area (Å²) in [4.78, 5) is 4.62. The van der Waals surface area contributed by atoms with E-state index in [2.05, 4.69) is 9.71 Å². The first kappa shape index (κ1) is 14.3. The smallest absolute Gasteiger partial charge is 0.260 e. The molecular weight excluding hydrogens is 320 g/mol. The molecule has 2 aromatic heterocycles. The lowest BCUT2D eigenvalue weighted by Gasteiger charge is -2.26. The van der Waals surface area contributed by atoms with Crippen LogP contribution in [0.4, 0.5) is 0 Å². The third-order valence-electron chi connectivity index (χ3n) is 3.53. The highest BCUT2D eigenvalue weighted by Crippen LogP contribution is 2.26. The number of nitrogens with one attached hydrogen (secondary N) is 1. The summed E-state index contributed by atoms with van der Waals surface area (Å²) in [5, 5.41) is 1.80. The van der Waals surface area contributed by atoms with Gasteiger partial charge in [0.05, 0.1) is 0 Å². The van der Waals surface area contributed by atoms with Crippen LogP contribution >= 0.6 is 22.9 Å². The molecule has 0 aliphatic heterocycles. The minimum atomic E-state index is -3.68. The summed E-state index contributed by atoms with van der Waals surface area (Å²) < 4.78 is 29.2. The molecule has 20 heavy (non-hydrogen) atoms. The number of aromatic nitrogens is 2. The Labute approximate surface area is 126 Å². The van der Waals surface area contributed by atoms with Gasteiger partial charge in [-0.2, -0.15) is 0 Å². The van der Waals surface area contributed by atoms with Crippen LogP contribution in [-0.2, 0) is 10.0 Å². The van der Waals surface area contributed by atoms with E-state index in [4.69, 9.17) is 17.3 Å².